The van der Waals surface area contributed by atoms with E-state index in [1.54, 1.807) is 29.2 Å². The van der Waals surface area contributed by atoms with Crippen molar-refractivity contribution in [2.75, 3.05) is 0 Å². The highest BCUT2D eigenvalue weighted by Gasteiger charge is 2.38. The van der Waals surface area contributed by atoms with Gasteiger partial charge in [-0.3, -0.25) is 4.79 Å². The number of amides is 1. The highest BCUT2D eigenvalue weighted by molar-refractivity contribution is 6.36. The second-order valence-corrected chi connectivity index (χ2v) is 8.59. The van der Waals surface area contributed by atoms with Crippen LogP contribution in [0.15, 0.2) is 30.3 Å². The Balaban J connectivity index is 1.89. The minimum atomic E-state index is -4.73. The number of nitrogens with zero attached hydrogens (tertiary/aromatic N) is 4. The maximum Gasteiger partial charge on any atom is 0.433 e. The molecular weight excluding hydrogens is 452 g/mol. The van der Waals surface area contributed by atoms with Crippen LogP contribution in [0.2, 0.25) is 10.0 Å². The lowest BCUT2D eigenvalue weighted by Gasteiger charge is -2.38. The Kier molecular flexibility index (Phi) is 5.64. The molecule has 5 nitrogen and oxygen atoms in total. The smallest absolute Gasteiger partial charge is 0.332 e. The van der Waals surface area contributed by atoms with Gasteiger partial charge in [-0.05, 0) is 51.3 Å². The van der Waals surface area contributed by atoms with Crippen LogP contribution in [0.3, 0.4) is 0 Å². The van der Waals surface area contributed by atoms with Gasteiger partial charge in [-0.1, -0.05) is 35.3 Å². The molecule has 1 fully saturated rings. The van der Waals surface area contributed by atoms with Crippen LogP contribution in [0.4, 0.5) is 13.2 Å². The van der Waals surface area contributed by atoms with E-state index in [1.165, 1.54) is 0 Å². The molecule has 0 radical (unpaired) electrons. The lowest BCUT2D eigenvalue weighted by Crippen LogP contribution is -2.47. The normalized spacial score (nSPS) is 19.8. The van der Waals surface area contributed by atoms with Gasteiger partial charge in [-0.2, -0.15) is 18.3 Å². The molecule has 4 rings (SSSR count). The maximum absolute atomic E-state index is 13.9. The van der Waals surface area contributed by atoms with Gasteiger partial charge in [0.2, 0.25) is 0 Å². The van der Waals surface area contributed by atoms with Gasteiger partial charge in [0, 0.05) is 22.7 Å². The van der Waals surface area contributed by atoms with Gasteiger partial charge in [0.1, 0.15) is 5.02 Å². The van der Waals surface area contributed by atoms with Crippen molar-refractivity contribution in [2.45, 2.75) is 51.4 Å². The Morgan fingerprint density at radius 2 is 1.71 bits per heavy atom. The molecule has 31 heavy (non-hydrogen) atoms. The lowest BCUT2D eigenvalue weighted by atomic mass is 9.97. The average Bonchev–Trinajstić information content (AvgIpc) is 3.03. The van der Waals surface area contributed by atoms with Crippen LogP contribution in [0, 0.1) is 0 Å². The van der Waals surface area contributed by atoms with Crippen LogP contribution in [0.25, 0.3) is 16.9 Å². The number of piperidine rings is 1. The number of benzene rings is 1. The second-order valence-electron chi connectivity index (χ2n) is 7.77. The summed E-state index contributed by atoms with van der Waals surface area (Å²) in [5.41, 5.74) is -1.03. The molecule has 1 aliphatic heterocycles. The lowest BCUT2D eigenvalue weighted by molar-refractivity contribution is -0.142. The fourth-order valence-electron chi connectivity index (χ4n) is 4.04. The molecule has 0 N–H and O–H groups in total. The average molecular weight is 471 g/mol. The molecule has 164 valence electrons. The van der Waals surface area contributed by atoms with Crippen molar-refractivity contribution in [3.05, 3.63) is 51.8 Å². The second kappa shape index (κ2) is 7.98. The first kappa shape index (κ1) is 21.9. The van der Waals surface area contributed by atoms with Crippen molar-refractivity contribution in [2.24, 2.45) is 0 Å². The van der Waals surface area contributed by atoms with Gasteiger partial charge < -0.3 is 4.90 Å². The fraction of sp³-hybridized carbons (Fsp3) is 0.381. The molecule has 0 bridgehead atoms. The molecule has 0 spiro atoms. The Hall–Kier alpha value is -2.32. The highest BCUT2D eigenvalue weighted by Crippen LogP contribution is 2.35. The zero-order valence-electron chi connectivity index (χ0n) is 16.7. The summed E-state index contributed by atoms with van der Waals surface area (Å²) in [5, 5.41) is 4.21. The van der Waals surface area contributed by atoms with Crippen molar-refractivity contribution >= 4 is 34.8 Å². The first-order valence-electron chi connectivity index (χ1n) is 9.83. The molecule has 1 saturated heterocycles. The SMILES string of the molecule is C[C@@H]1CCC[C@H](C)N1C(=O)c1nn2c(C(F)(F)F)cc(-c3ccc(Cl)cc3)nc2c1Cl. The van der Waals surface area contributed by atoms with E-state index in [2.05, 4.69) is 10.1 Å². The minimum Gasteiger partial charge on any atom is -0.332 e. The van der Waals surface area contributed by atoms with Crippen molar-refractivity contribution in [3.63, 3.8) is 0 Å². The number of halogens is 5. The summed E-state index contributed by atoms with van der Waals surface area (Å²) < 4.78 is 42.2. The molecule has 3 aromatic rings. The zero-order valence-corrected chi connectivity index (χ0v) is 18.3. The third-order valence-corrected chi connectivity index (χ3v) is 6.19. The molecule has 3 heterocycles. The molecule has 2 atom stereocenters. The van der Waals surface area contributed by atoms with E-state index in [-0.39, 0.29) is 34.1 Å². The molecule has 2 aromatic heterocycles. The van der Waals surface area contributed by atoms with Crippen LogP contribution in [-0.2, 0) is 6.18 Å². The minimum absolute atomic E-state index is 0.0528. The fourth-order valence-corrected chi connectivity index (χ4v) is 4.41. The number of hydrogen-bond donors (Lipinski definition) is 0. The summed E-state index contributed by atoms with van der Waals surface area (Å²) in [6.07, 6.45) is -2.12. The summed E-state index contributed by atoms with van der Waals surface area (Å²) in [5.74, 6) is -0.489. The number of rotatable bonds is 2. The number of likely N-dealkylation sites (tertiary alicyclic amines) is 1. The van der Waals surface area contributed by atoms with Gasteiger partial charge in [0.05, 0.1) is 5.69 Å². The number of aromatic nitrogens is 3. The monoisotopic (exact) mass is 470 g/mol. The Bertz CT molecular complexity index is 1130. The number of fused-ring (bicyclic) bond motifs is 1. The third-order valence-electron chi connectivity index (χ3n) is 5.59. The maximum atomic E-state index is 13.9. The van der Waals surface area contributed by atoms with Crippen LogP contribution in [0.5, 0.6) is 0 Å². The molecule has 0 saturated carbocycles. The topological polar surface area (TPSA) is 50.5 Å². The predicted molar refractivity (Wildman–Crippen MR) is 112 cm³/mol. The molecule has 1 amide bonds. The van der Waals surface area contributed by atoms with Crippen molar-refractivity contribution in [1.29, 1.82) is 0 Å². The van der Waals surface area contributed by atoms with E-state index in [9.17, 15) is 18.0 Å². The molecule has 0 unspecified atom stereocenters. The van der Waals surface area contributed by atoms with Crippen LogP contribution in [0.1, 0.15) is 49.3 Å². The summed E-state index contributed by atoms with van der Waals surface area (Å²) in [7, 11) is 0. The quantitative estimate of drug-likeness (QED) is 0.452. The highest BCUT2D eigenvalue weighted by atomic mass is 35.5. The van der Waals surface area contributed by atoms with Gasteiger partial charge in [0.15, 0.2) is 17.0 Å². The van der Waals surface area contributed by atoms with Crippen LogP contribution in [-0.4, -0.2) is 37.5 Å². The van der Waals surface area contributed by atoms with E-state index in [1.807, 2.05) is 13.8 Å². The van der Waals surface area contributed by atoms with Crippen LogP contribution < -0.4 is 0 Å². The van der Waals surface area contributed by atoms with E-state index in [0.717, 1.165) is 25.3 Å². The molecular formula is C21H19Cl2F3N4O. The van der Waals surface area contributed by atoms with Crippen LogP contribution >= 0.6 is 23.2 Å². The van der Waals surface area contributed by atoms with E-state index in [0.29, 0.717) is 15.1 Å². The Morgan fingerprint density at radius 1 is 1.10 bits per heavy atom. The summed E-state index contributed by atoms with van der Waals surface area (Å²) in [4.78, 5) is 19.1. The van der Waals surface area contributed by atoms with Gasteiger partial charge >= 0.3 is 6.18 Å². The van der Waals surface area contributed by atoms with Gasteiger partial charge in [-0.15, -0.1) is 0 Å². The summed E-state index contributed by atoms with van der Waals surface area (Å²) in [6, 6.07) is 7.02. The first-order chi connectivity index (χ1) is 14.6. The van der Waals surface area contributed by atoms with E-state index < -0.39 is 17.8 Å². The summed E-state index contributed by atoms with van der Waals surface area (Å²) >= 11 is 12.3. The summed E-state index contributed by atoms with van der Waals surface area (Å²) in [6.45, 7) is 3.82. The van der Waals surface area contributed by atoms with Crippen molar-refractivity contribution in [3.8, 4) is 11.3 Å². The van der Waals surface area contributed by atoms with Gasteiger partial charge in [0.25, 0.3) is 5.91 Å². The molecule has 1 aromatic carbocycles. The number of carbonyl (C=O) groups is 1. The van der Waals surface area contributed by atoms with E-state index in [4.69, 9.17) is 23.2 Å². The third kappa shape index (κ3) is 3.99. The standard InChI is InChI=1S/C21H19Cl2F3N4O/c1-11-4-3-5-12(2)29(11)20(31)18-17(23)19-27-15(13-6-8-14(22)9-7-13)10-16(21(24,25)26)30(19)28-18/h6-12H,3-5H2,1-2H3/t11-,12+. The zero-order chi connectivity index (χ0) is 22.5. The number of carbonyl (C=O) groups excluding carboxylic acids is 1. The van der Waals surface area contributed by atoms with Gasteiger partial charge in [-0.25, -0.2) is 9.50 Å². The first-order valence-corrected chi connectivity index (χ1v) is 10.6. The number of alkyl halides is 3. The number of hydrogen-bond acceptors (Lipinski definition) is 3. The van der Waals surface area contributed by atoms with Crippen molar-refractivity contribution < 1.29 is 18.0 Å². The van der Waals surface area contributed by atoms with E-state index >= 15 is 0 Å². The largest absolute Gasteiger partial charge is 0.433 e. The molecule has 0 aliphatic carbocycles. The Morgan fingerprint density at radius 3 is 2.29 bits per heavy atom. The van der Waals surface area contributed by atoms with Crippen molar-refractivity contribution in [1.82, 2.24) is 19.5 Å². The Labute approximate surface area is 186 Å². The predicted octanol–water partition coefficient (Wildman–Crippen LogP) is 6.13. The molecule has 10 heteroatoms. The molecule has 1 aliphatic rings.